The van der Waals surface area contributed by atoms with Crippen LogP contribution in [0.1, 0.15) is 24.1 Å². The van der Waals surface area contributed by atoms with Crippen molar-refractivity contribution in [2.75, 3.05) is 20.3 Å². The lowest BCUT2D eigenvalue weighted by molar-refractivity contribution is 0.170. The predicted octanol–water partition coefficient (Wildman–Crippen LogP) is 3.19. The van der Waals surface area contributed by atoms with Crippen LogP contribution in [0.4, 0.5) is 0 Å². The summed E-state index contributed by atoms with van der Waals surface area (Å²) in [6.45, 7) is 4.13. The third kappa shape index (κ3) is 2.69. The minimum atomic E-state index is 0.218. The fraction of sp³-hybridized carbons (Fsp3) is 0.333. The zero-order valence-corrected chi connectivity index (χ0v) is 13.7. The Morgan fingerprint density at radius 3 is 2.79 bits per heavy atom. The van der Waals surface area contributed by atoms with Crippen LogP contribution in [0, 0.1) is 0 Å². The van der Waals surface area contributed by atoms with E-state index < -0.39 is 0 Å². The van der Waals surface area contributed by atoms with Crippen LogP contribution in [0.25, 0.3) is 11.0 Å². The van der Waals surface area contributed by atoms with Crippen molar-refractivity contribution in [1.29, 1.82) is 0 Å². The molecule has 6 nitrogen and oxygen atoms in total. The van der Waals surface area contributed by atoms with Gasteiger partial charge in [0.2, 0.25) is 0 Å². The molecule has 1 aliphatic heterocycles. The van der Waals surface area contributed by atoms with E-state index in [-0.39, 0.29) is 6.04 Å². The predicted molar refractivity (Wildman–Crippen MR) is 89.1 cm³/mol. The van der Waals surface area contributed by atoms with Gasteiger partial charge in [0.05, 0.1) is 0 Å². The molecule has 1 unspecified atom stereocenters. The van der Waals surface area contributed by atoms with E-state index in [9.17, 15) is 0 Å². The minimum Gasteiger partial charge on any atom is -0.486 e. The maximum absolute atomic E-state index is 5.69. The number of rotatable bonds is 4. The molecule has 0 saturated heterocycles. The molecule has 24 heavy (non-hydrogen) atoms. The molecular weight excluding hydrogens is 306 g/mol. The van der Waals surface area contributed by atoms with E-state index in [1.807, 2.05) is 18.2 Å². The normalized spacial score (nSPS) is 15.0. The fourth-order valence-electron chi connectivity index (χ4n) is 2.97. The number of fused-ring (bicyclic) bond motifs is 2. The van der Waals surface area contributed by atoms with Crippen LogP contribution in [0.15, 0.2) is 41.0 Å². The number of nitrogens with zero attached hydrogens (tertiary/aromatic N) is 3. The first-order valence-corrected chi connectivity index (χ1v) is 8.02. The van der Waals surface area contributed by atoms with Crippen LogP contribution in [-0.2, 0) is 6.54 Å². The number of ether oxygens (including phenoxy) is 2. The van der Waals surface area contributed by atoms with Gasteiger partial charge in [0.25, 0.3) is 0 Å². The standard InChI is InChI=1S/C18H19N3O3/c1-12(13-6-7-16-17(10-13)23-9-8-22-16)21(2)11-14-4-3-5-15-18(14)20-24-19-15/h3-7,10,12H,8-9,11H2,1-2H3. The molecule has 0 aliphatic carbocycles. The van der Waals surface area contributed by atoms with Crippen molar-refractivity contribution in [2.24, 2.45) is 0 Å². The molecule has 2 aromatic carbocycles. The first kappa shape index (κ1) is 15.0. The van der Waals surface area contributed by atoms with Gasteiger partial charge in [-0.05, 0) is 53.6 Å². The molecule has 3 aromatic rings. The third-order valence-corrected chi connectivity index (χ3v) is 4.50. The number of aromatic nitrogens is 2. The fourth-order valence-corrected chi connectivity index (χ4v) is 2.97. The zero-order valence-electron chi connectivity index (χ0n) is 13.7. The molecule has 0 radical (unpaired) electrons. The van der Waals surface area contributed by atoms with Crippen LogP contribution in [0.3, 0.4) is 0 Å². The van der Waals surface area contributed by atoms with E-state index in [0.717, 1.165) is 34.6 Å². The number of benzene rings is 2. The summed E-state index contributed by atoms with van der Waals surface area (Å²) in [5.74, 6) is 1.64. The van der Waals surface area contributed by atoms with E-state index >= 15 is 0 Å². The molecule has 0 fully saturated rings. The van der Waals surface area contributed by atoms with Crippen LogP contribution in [0.5, 0.6) is 11.5 Å². The van der Waals surface area contributed by atoms with Crippen molar-refractivity contribution in [3.63, 3.8) is 0 Å². The molecule has 0 N–H and O–H groups in total. The average Bonchev–Trinajstić information content (AvgIpc) is 3.10. The van der Waals surface area contributed by atoms with Crippen LogP contribution in [-0.4, -0.2) is 35.5 Å². The monoisotopic (exact) mass is 325 g/mol. The average molecular weight is 325 g/mol. The highest BCUT2D eigenvalue weighted by molar-refractivity contribution is 5.76. The molecule has 1 aliphatic rings. The number of hydrogen-bond donors (Lipinski definition) is 0. The van der Waals surface area contributed by atoms with Crippen molar-refractivity contribution in [3.8, 4) is 11.5 Å². The molecular formula is C18H19N3O3. The zero-order chi connectivity index (χ0) is 16.5. The smallest absolute Gasteiger partial charge is 0.161 e. The molecule has 0 spiro atoms. The number of hydrogen-bond acceptors (Lipinski definition) is 6. The van der Waals surface area contributed by atoms with Gasteiger partial charge in [-0.1, -0.05) is 18.2 Å². The summed E-state index contributed by atoms with van der Waals surface area (Å²) in [4.78, 5) is 2.26. The summed E-state index contributed by atoms with van der Waals surface area (Å²) in [6, 6.07) is 12.3. The van der Waals surface area contributed by atoms with E-state index in [1.54, 1.807) is 0 Å². The van der Waals surface area contributed by atoms with Gasteiger partial charge in [-0.2, -0.15) is 0 Å². The SMILES string of the molecule is CC(c1ccc2c(c1)OCCO2)N(C)Cc1cccc2nonc12. The van der Waals surface area contributed by atoms with Gasteiger partial charge < -0.3 is 9.47 Å². The second-order valence-corrected chi connectivity index (χ2v) is 6.04. The summed E-state index contributed by atoms with van der Waals surface area (Å²) >= 11 is 0. The Morgan fingerprint density at radius 2 is 1.92 bits per heavy atom. The van der Waals surface area contributed by atoms with E-state index in [4.69, 9.17) is 14.1 Å². The third-order valence-electron chi connectivity index (χ3n) is 4.50. The van der Waals surface area contributed by atoms with Crippen molar-refractivity contribution < 1.29 is 14.1 Å². The molecule has 6 heteroatoms. The van der Waals surface area contributed by atoms with Gasteiger partial charge in [0, 0.05) is 12.6 Å². The van der Waals surface area contributed by atoms with Gasteiger partial charge in [-0.3, -0.25) is 4.90 Å². The molecule has 0 bridgehead atoms. The first-order chi connectivity index (χ1) is 11.7. The van der Waals surface area contributed by atoms with Crippen LogP contribution >= 0.6 is 0 Å². The Morgan fingerprint density at radius 1 is 1.08 bits per heavy atom. The van der Waals surface area contributed by atoms with Crippen molar-refractivity contribution in [3.05, 3.63) is 47.5 Å². The van der Waals surface area contributed by atoms with Crippen molar-refractivity contribution in [2.45, 2.75) is 19.5 Å². The molecule has 0 amide bonds. The van der Waals surface area contributed by atoms with Gasteiger partial charge in [-0.25, -0.2) is 4.63 Å². The van der Waals surface area contributed by atoms with Gasteiger partial charge in [0.1, 0.15) is 24.2 Å². The maximum Gasteiger partial charge on any atom is 0.161 e. The highest BCUT2D eigenvalue weighted by atomic mass is 16.6. The molecule has 4 rings (SSSR count). The quantitative estimate of drug-likeness (QED) is 0.734. The second kappa shape index (κ2) is 6.13. The van der Waals surface area contributed by atoms with Gasteiger partial charge >= 0.3 is 0 Å². The highest BCUT2D eigenvalue weighted by Gasteiger charge is 2.18. The summed E-state index contributed by atoms with van der Waals surface area (Å²) in [7, 11) is 2.09. The molecule has 1 atom stereocenters. The van der Waals surface area contributed by atoms with Crippen LogP contribution < -0.4 is 9.47 Å². The topological polar surface area (TPSA) is 60.6 Å². The molecule has 1 aromatic heterocycles. The summed E-state index contributed by atoms with van der Waals surface area (Å²) in [5.41, 5.74) is 3.89. The Labute approximate surface area is 139 Å². The highest BCUT2D eigenvalue weighted by Crippen LogP contribution is 2.34. The summed E-state index contributed by atoms with van der Waals surface area (Å²) in [6.07, 6.45) is 0. The van der Waals surface area contributed by atoms with Crippen LogP contribution in [0.2, 0.25) is 0 Å². The Balaban J connectivity index is 1.55. The lowest BCUT2D eigenvalue weighted by Gasteiger charge is -2.26. The largest absolute Gasteiger partial charge is 0.486 e. The van der Waals surface area contributed by atoms with E-state index in [2.05, 4.69) is 47.4 Å². The van der Waals surface area contributed by atoms with E-state index in [1.165, 1.54) is 5.56 Å². The summed E-state index contributed by atoms with van der Waals surface area (Å²) in [5, 5.41) is 7.91. The van der Waals surface area contributed by atoms with Gasteiger partial charge in [0.15, 0.2) is 11.5 Å². The van der Waals surface area contributed by atoms with E-state index in [0.29, 0.717) is 13.2 Å². The van der Waals surface area contributed by atoms with Crippen molar-refractivity contribution in [1.82, 2.24) is 15.2 Å². The van der Waals surface area contributed by atoms with Gasteiger partial charge in [-0.15, -0.1) is 0 Å². The Hall–Kier alpha value is -2.60. The lowest BCUT2D eigenvalue weighted by atomic mass is 10.1. The molecule has 124 valence electrons. The summed E-state index contributed by atoms with van der Waals surface area (Å²) < 4.78 is 16.1. The molecule has 2 heterocycles. The second-order valence-electron chi connectivity index (χ2n) is 6.04. The molecule has 0 saturated carbocycles. The maximum atomic E-state index is 5.69. The minimum absolute atomic E-state index is 0.218. The first-order valence-electron chi connectivity index (χ1n) is 8.02. The van der Waals surface area contributed by atoms with Crippen molar-refractivity contribution >= 4 is 11.0 Å². The lowest BCUT2D eigenvalue weighted by Crippen LogP contribution is -2.22. The Kier molecular flexibility index (Phi) is 3.82. The Bertz CT molecular complexity index is 862.